The molecule has 2 aliphatic rings. The van der Waals surface area contributed by atoms with Crippen molar-refractivity contribution in [3.05, 3.63) is 0 Å². The molecule has 2 aliphatic heterocycles. The third-order valence-electron chi connectivity index (χ3n) is 3.11. The number of carbonyl (C=O) groups is 1. The number of hydrogen-bond donors (Lipinski definition) is 2. The fourth-order valence-electron chi connectivity index (χ4n) is 2.45. The highest BCUT2D eigenvalue weighted by atomic mass is 16.6. The highest BCUT2D eigenvalue weighted by Gasteiger charge is 2.61. The van der Waals surface area contributed by atoms with Crippen LogP contribution in [0.25, 0.3) is 0 Å². The van der Waals surface area contributed by atoms with Crippen LogP contribution in [0.5, 0.6) is 0 Å². The molecule has 13 heavy (non-hydrogen) atoms. The Kier molecular flexibility index (Phi) is 1.63. The summed E-state index contributed by atoms with van der Waals surface area (Å²) in [7, 11) is 0. The van der Waals surface area contributed by atoms with Gasteiger partial charge in [-0.1, -0.05) is 0 Å². The number of rotatable bonds is 0. The van der Waals surface area contributed by atoms with E-state index >= 15 is 0 Å². The van der Waals surface area contributed by atoms with Gasteiger partial charge in [-0.05, 0) is 13.8 Å². The van der Waals surface area contributed by atoms with E-state index < -0.39 is 23.4 Å². The molecular formula is C9H14O4. The van der Waals surface area contributed by atoms with Gasteiger partial charge in [-0.25, -0.2) is 0 Å². The monoisotopic (exact) mass is 186 g/mol. The van der Waals surface area contributed by atoms with Gasteiger partial charge in [0.05, 0.1) is 0 Å². The topological polar surface area (TPSA) is 66.8 Å². The first kappa shape index (κ1) is 9.12. The molecule has 4 heteroatoms. The van der Waals surface area contributed by atoms with Crippen molar-refractivity contribution in [2.45, 2.75) is 50.1 Å². The Labute approximate surface area is 76.5 Å². The van der Waals surface area contributed by atoms with E-state index in [0.717, 1.165) is 0 Å². The molecule has 2 N–H and O–H groups in total. The standard InChI is InChI=1S/C9H14O4/c1-8-3-5(10)4-9(2,13-8)7(12)6(8)11/h6-7,11-12H,3-4H2,1-2H3/t6-,7+,8+,9-. The lowest BCUT2D eigenvalue weighted by Gasteiger charge is -2.35. The summed E-state index contributed by atoms with van der Waals surface area (Å²) in [5, 5.41) is 19.4. The van der Waals surface area contributed by atoms with Crippen molar-refractivity contribution in [2.24, 2.45) is 0 Å². The van der Waals surface area contributed by atoms with Gasteiger partial charge in [0.2, 0.25) is 0 Å². The van der Waals surface area contributed by atoms with Crippen molar-refractivity contribution in [2.75, 3.05) is 0 Å². The molecule has 2 saturated heterocycles. The van der Waals surface area contributed by atoms with Crippen molar-refractivity contribution in [1.82, 2.24) is 0 Å². The van der Waals surface area contributed by atoms with Gasteiger partial charge in [0, 0.05) is 12.8 Å². The van der Waals surface area contributed by atoms with E-state index in [4.69, 9.17) is 4.74 Å². The third-order valence-corrected chi connectivity index (χ3v) is 3.11. The molecule has 0 spiro atoms. The molecule has 0 saturated carbocycles. The second-order valence-corrected chi connectivity index (χ2v) is 4.51. The summed E-state index contributed by atoms with van der Waals surface area (Å²) in [5.74, 6) is 0.0480. The lowest BCUT2D eigenvalue weighted by atomic mass is 9.93. The minimum atomic E-state index is -0.955. The summed E-state index contributed by atoms with van der Waals surface area (Å²) in [5.41, 5.74) is -1.77. The third kappa shape index (κ3) is 1.06. The van der Waals surface area contributed by atoms with Gasteiger partial charge in [0.1, 0.15) is 29.2 Å². The normalized spacial score (nSPS) is 55.5. The summed E-state index contributed by atoms with van der Waals surface area (Å²) < 4.78 is 5.55. The van der Waals surface area contributed by atoms with E-state index in [-0.39, 0.29) is 18.6 Å². The molecule has 2 heterocycles. The minimum Gasteiger partial charge on any atom is -0.387 e. The molecule has 0 unspecified atom stereocenters. The molecular weight excluding hydrogens is 172 g/mol. The summed E-state index contributed by atoms with van der Waals surface area (Å²) >= 11 is 0. The quantitative estimate of drug-likeness (QED) is 0.541. The Morgan fingerprint density at radius 2 is 1.62 bits per heavy atom. The van der Waals surface area contributed by atoms with Crippen LogP contribution in [0.2, 0.25) is 0 Å². The maximum atomic E-state index is 11.3. The lowest BCUT2D eigenvalue weighted by Crippen LogP contribution is -2.44. The van der Waals surface area contributed by atoms with Crippen molar-refractivity contribution in [3.8, 4) is 0 Å². The SMILES string of the molecule is C[C@]12CC(=O)C[C@](C)(O1)[C@H](O)[C@@H]2O. The first-order chi connectivity index (χ1) is 5.87. The Morgan fingerprint density at radius 3 is 2.00 bits per heavy atom. The van der Waals surface area contributed by atoms with Crippen LogP contribution in [0, 0.1) is 0 Å². The average Bonchev–Trinajstić information content (AvgIpc) is 2.08. The van der Waals surface area contributed by atoms with Crippen molar-refractivity contribution in [1.29, 1.82) is 0 Å². The van der Waals surface area contributed by atoms with E-state index in [1.54, 1.807) is 13.8 Å². The molecule has 0 amide bonds. The number of hydrogen-bond acceptors (Lipinski definition) is 4. The highest BCUT2D eigenvalue weighted by molar-refractivity contribution is 5.82. The Hall–Kier alpha value is -0.450. The van der Waals surface area contributed by atoms with E-state index in [9.17, 15) is 15.0 Å². The number of carbonyl (C=O) groups excluding carboxylic acids is 1. The smallest absolute Gasteiger partial charge is 0.138 e. The summed E-state index contributed by atoms with van der Waals surface area (Å²) in [4.78, 5) is 11.3. The van der Waals surface area contributed by atoms with Gasteiger partial charge >= 0.3 is 0 Å². The van der Waals surface area contributed by atoms with Crippen molar-refractivity contribution >= 4 is 5.78 Å². The van der Waals surface area contributed by atoms with Gasteiger partial charge in [0.25, 0.3) is 0 Å². The molecule has 74 valence electrons. The van der Waals surface area contributed by atoms with E-state index in [1.165, 1.54) is 0 Å². The number of fused-ring (bicyclic) bond motifs is 2. The molecule has 2 rings (SSSR count). The Bertz CT molecular complexity index is 240. The molecule has 0 aliphatic carbocycles. The largest absolute Gasteiger partial charge is 0.387 e. The molecule has 0 aromatic carbocycles. The summed E-state index contributed by atoms with van der Waals surface area (Å²) in [6, 6.07) is 0. The van der Waals surface area contributed by atoms with Crippen molar-refractivity contribution < 1.29 is 19.7 Å². The first-order valence-corrected chi connectivity index (χ1v) is 4.45. The van der Waals surface area contributed by atoms with Crippen LogP contribution in [0.3, 0.4) is 0 Å². The highest BCUT2D eigenvalue weighted by Crippen LogP contribution is 2.46. The number of aliphatic hydroxyl groups excluding tert-OH is 2. The van der Waals surface area contributed by atoms with Gasteiger partial charge in [0.15, 0.2) is 0 Å². The molecule has 0 aromatic heterocycles. The molecule has 0 radical (unpaired) electrons. The average molecular weight is 186 g/mol. The van der Waals surface area contributed by atoms with Crippen LogP contribution >= 0.6 is 0 Å². The number of ether oxygens (including phenoxy) is 1. The molecule has 4 nitrogen and oxygen atoms in total. The second-order valence-electron chi connectivity index (χ2n) is 4.51. The number of aliphatic hydroxyl groups is 2. The molecule has 4 atom stereocenters. The maximum absolute atomic E-state index is 11.3. The number of ketones is 1. The Balaban J connectivity index is 2.40. The fourth-order valence-corrected chi connectivity index (χ4v) is 2.45. The van der Waals surface area contributed by atoms with Crippen LogP contribution in [-0.2, 0) is 9.53 Å². The van der Waals surface area contributed by atoms with Gasteiger partial charge in [-0.3, -0.25) is 4.79 Å². The van der Waals surface area contributed by atoms with Crippen LogP contribution in [0.4, 0.5) is 0 Å². The summed E-state index contributed by atoms with van der Waals surface area (Å²) in [6.45, 7) is 3.34. The predicted octanol–water partition coefficient (Wildman–Crippen LogP) is -0.381. The van der Waals surface area contributed by atoms with Crippen molar-refractivity contribution in [3.63, 3.8) is 0 Å². The zero-order valence-electron chi connectivity index (χ0n) is 7.78. The fraction of sp³-hybridized carbons (Fsp3) is 0.889. The molecule has 2 bridgehead atoms. The van der Waals surface area contributed by atoms with E-state index in [2.05, 4.69) is 0 Å². The van der Waals surface area contributed by atoms with E-state index in [0.29, 0.717) is 0 Å². The van der Waals surface area contributed by atoms with Gasteiger partial charge in [-0.15, -0.1) is 0 Å². The molecule has 2 fully saturated rings. The first-order valence-electron chi connectivity index (χ1n) is 4.45. The number of Topliss-reactive ketones (excluding diaryl/α,β-unsaturated/α-hetero) is 1. The zero-order valence-corrected chi connectivity index (χ0v) is 7.78. The lowest BCUT2D eigenvalue weighted by molar-refractivity contribution is -0.164. The zero-order chi connectivity index (χ0) is 9.85. The maximum Gasteiger partial charge on any atom is 0.138 e. The van der Waals surface area contributed by atoms with Gasteiger partial charge < -0.3 is 14.9 Å². The summed E-state index contributed by atoms with van der Waals surface area (Å²) in [6.07, 6.45) is -1.52. The van der Waals surface area contributed by atoms with Crippen LogP contribution in [0.15, 0.2) is 0 Å². The predicted molar refractivity (Wildman–Crippen MR) is 44.1 cm³/mol. The van der Waals surface area contributed by atoms with E-state index in [1.807, 2.05) is 0 Å². The van der Waals surface area contributed by atoms with Crippen LogP contribution < -0.4 is 0 Å². The van der Waals surface area contributed by atoms with Crippen LogP contribution in [0.1, 0.15) is 26.7 Å². The minimum absolute atomic E-state index is 0.0480. The second kappa shape index (κ2) is 2.32. The van der Waals surface area contributed by atoms with Gasteiger partial charge in [-0.2, -0.15) is 0 Å². The Morgan fingerprint density at radius 1 is 1.23 bits per heavy atom. The molecule has 0 aromatic rings. The van der Waals surface area contributed by atoms with Crippen LogP contribution in [-0.4, -0.2) is 39.4 Å².